The lowest BCUT2D eigenvalue weighted by molar-refractivity contribution is -0.122. The summed E-state index contributed by atoms with van der Waals surface area (Å²) in [6.45, 7) is 3.48. The molecule has 0 saturated carbocycles. The lowest BCUT2D eigenvalue weighted by atomic mass is 10.1. The number of hydrogen-bond donors (Lipinski definition) is 2. The predicted molar refractivity (Wildman–Crippen MR) is 103 cm³/mol. The third kappa shape index (κ3) is 3.75. The van der Waals surface area contributed by atoms with Crippen LogP contribution in [0.15, 0.2) is 40.5 Å². The number of aromatic nitrogens is 2. The molecule has 8 heteroatoms. The number of benzene rings is 1. The smallest absolute Gasteiger partial charge is 0.337 e. The molecule has 0 aliphatic rings. The second kappa shape index (κ2) is 7.71. The average molecular weight is 385 g/mol. The number of carbonyl (C=O) groups excluding carboxylic acids is 1. The van der Waals surface area contributed by atoms with Crippen LogP contribution in [0, 0.1) is 0 Å². The number of thiophene rings is 1. The van der Waals surface area contributed by atoms with Gasteiger partial charge in [-0.05, 0) is 12.5 Å². The van der Waals surface area contributed by atoms with Gasteiger partial charge in [-0.25, -0.2) is 9.78 Å². The van der Waals surface area contributed by atoms with Gasteiger partial charge < -0.3 is 10.4 Å². The van der Waals surface area contributed by atoms with Crippen molar-refractivity contribution in [2.45, 2.75) is 32.9 Å². The summed E-state index contributed by atoms with van der Waals surface area (Å²) in [5.41, 5.74) is 0.369. The van der Waals surface area contributed by atoms with Crippen LogP contribution in [0.5, 0.6) is 0 Å². The summed E-state index contributed by atoms with van der Waals surface area (Å²) >= 11 is 1.12. The highest BCUT2D eigenvalue weighted by Gasteiger charge is 2.20. The fourth-order valence-electron chi connectivity index (χ4n) is 2.91. The molecule has 140 valence electrons. The molecular formula is C19H19N3O4S. The molecule has 0 aliphatic heterocycles. The molecule has 0 saturated heterocycles. The highest BCUT2D eigenvalue weighted by atomic mass is 32.1. The molecule has 1 atom stereocenters. The predicted octanol–water partition coefficient (Wildman–Crippen LogP) is 2.60. The van der Waals surface area contributed by atoms with E-state index in [1.807, 2.05) is 44.2 Å². The first-order valence-corrected chi connectivity index (χ1v) is 9.38. The van der Waals surface area contributed by atoms with Gasteiger partial charge in [-0.1, -0.05) is 37.3 Å². The Labute approximate surface area is 159 Å². The van der Waals surface area contributed by atoms with Gasteiger partial charge in [-0.2, -0.15) is 0 Å². The monoisotopic (exact) mass is 385 g/mol. The molecule has 0 radical (unpaired) electrons. The largest absolute Gasteiger partial charge is 0.478 e. The normalized spacial score (nSPS) is 12.1. The van der Waals surface area contributed by atoms with Crippen LogP contribution < -0.4 is 10.9 Å². The zero-order valence-electron chi connectivity index (χ0n) is 14.9. The van der Waals surface area contributed by atoms with Crippen LogP contribution in [-0.2, 0) is 17.8 Å². The highest BCUT2D eigenvalue weighted by molar-refractivity contribution is 7.17. The quantitative estimate of drug-likeness (QED) is 0.679. The van der Waals surface area contributed by atoms with Crippen LogP contribution in [0.4, 0.5) is 0 Å². The van der Waals surface area contributed by atoms with Gasteiger partial charge in [0.25, 0.3) is 5.56 Å². The summed E-state index contributed by atoms with van der Waals surface area (Å²) in [4.78, 5) is 41.5. The Morgan fingerprint density at radius 3 is 2.63 bits per heavy atom. The van der Waals surface area contributed by atoms with Gasteiger partial charge in [0.15, 0.2) is 0 Å². The van der Waals surface area contributed by atoms with Crippen molar-refractivity contribution in [2.24, 2.45) is 0 Å². The molecule has 0 fully saturated rings. The third-order valence-corrected chi connectivity index (χ3v) is 5.17. The van der Waals surface area contributed by atoms with Gasteiger partial charge in [-0.3, -0.25) is 14.2 Å². The summed E-state index contributed by atoms with van der Waals surface area (Å²) in [7, 11) is 0. The molecule has 0 spiro atoms. The number of aryl methyl sites for hydroxylation is 1. The van der Waals surface area contributed by atoms with E-state index in [4.69, 9.17) is 0 Å². The highest BCUT2D eigenvalue weighted by Crippen LogP contribution is 2.22. The molecule has 3 aromatic rings. The Bertz CT molecular complexity index is 1060. The molecule has 2 aromatic heterocycles. The maximum atomic E-state index is 12.9. The zero-order valence-corrected chi connectivity index (χ0v) is 15.7. The summed E-state index contributed by atoms with van der Waals surface area (Å²) < 4.78 is 1.26. The van der Waals surface area contributed by atoms with Crippen molar-refractivity contribution in [3.05, 3.63) is 63.0 Å². The van der Waals surface area contributed by atoms with Gasteiger partial charge in [0, 0.05) is 11.8 Å². The molecule has 0 aliphatic carbocycles. The number of carbonyl (C=O) groups is 2. The lowest BCUT2D eigenvalue weighted by Gasteiger charge is -2.16. The molecule has 0 bridgehead atoms. The Hall–Kier alpha value is -3.00. The van der Waals surface area contributed by atoms with E-state index in [1.54, 1.807) is 0 Å². The first-order chi connectivity index (χ1) is 12.9. The molecule has 2 heterocycles. The van der Waals surface area contributed by atoms with E-state index < -0.39 is 11.5 Å². The Balaban J connectivity index is 1.92. The number of carboxylic acids is 1. The van der Waals surface area contributed by atoms with Gasteiger partial charge in [-0.15, -0.1) is 11.3 Å². The molecule has 2 N–H and O–H groups in total. The summed E-state index contributed by atoms with van der Waals surface area (Å²) in [6, 6.07) is 9.28. The number of carboxylic acid groups (broad SMARTS) is 1. The number of fused-ring (bicyclic) bond motifs is 1. The fraction of sp³-hybridized carbons (Fsp3) is 0.263. The van der Waals surface area contributed by atoms with Gasteiger partial charge in [0.05, 0.1) is 17.0 Å². The number of hydrogen-bond acceptors (Lipinski definition) is 5. The van der Waals surface area contributed by atoms with Crippen LogP contribution in [0.25, 0.3) is 10.2 Å². The van der Waals surface area contributed by atoms with Crippen molar-refractivity contribution in [1.29, 1.82) is 0 Å². The number of nitrogens with one attached hydrogen (secondary N) is 1. The third-order valence-electron chi connectivity index (χ3n) is 4.30. The zero-order chi connectivity index (χ0) is 19.6. The van der Waals surface area contributed by atoms with Crippen molar-refractivity contribution in [2.75, 3.05) is 0 Å². The van der Waals surface area contributed by atoms with Crippen molar-refractivity contribution >= 4 is 33.4 Å². The Morgan fingerprint density at radius 1 is 1.30 bits per heavy atom. The maximum absolute atomic E-state index is 12.9. The van der Waals surface area contributed by atoms with E-state index >= 15 is 0 Å². The van der Waals surface area contributed by atoms with Gasteiger partial charge in [0.2, 0.25) is 5.91 Å². The molecule has 1 aromatic carbocycles. The molecule has 27 heavy (non-hydrogen) atoms. The van der Waals surface area contributed by atoms with E-state index in [1.165, 1.54) is 9.95 Å². The summed E-state index contributed by atoms with van der Waals surface area (Å²) in [5.74, 6) is -1.07. The second-order valence-corrected chi connectivity index (χ2v) is 6.97. The number of aromatic carboxylic acids is 1. The molecule has 1 amide bonds. The Kier molecular flexibility index (Phi) is 5.36. The van der Waals surface area contributed by atoms with Gasteiger partial charge >= 0.3 is 5.97 Å². The minimum atomic E-state index is -1.18. The van der Waals surface area contributed by atoms with E-state index in [9.17, 15) is 19.5 Å². The van der Waals surface area contributed by atoms with E-state index in [2.05, 4.69) is 10.3 Å². The molecule has 1 unspecified atom stereocenters. The standard InChI is InChI=1S/C19H19N3O4S/c1-3-14-21-17-16(13(10-27-17)19(25)26)18(24)22(14)9-15(23)20-11(2)12-7-5-4-6-8-12/h4-8,10-11H,3,9H2,1-2H3,(H,20,23)(H,25,26). The minimum Gasteiger partial charge on any atom is -0.478 e. The number of amides is 1. The molecule has 7 nitrogen and oxygen atoms in total. The molecular weight excluding hydrogens is 366 g/mol. The molecule has 3 rings (SSSR count). The number of nitrogens with zero attached hydrogens (tertiary/aromatic N) is 2. The van der Waals surface area contributed by atoms with Gasteiger partial charge in [0.1, 0.15) is 17.2 Å². The van der Waals surface area contributed by atoms with E-state index in [-0.39, 0.29) is 29.4 Å². The van der Waals surface area contributed by atoms with E-state index in [0.29, 0.717) is 17.1 Å². The SMILES string of the molecule is CCc1nc2scc(C(=O)O)c2c(=O)n1CC(=O)NC(C)c1ccccc1. The van der Waals surface area contributed by atoms with Crippen LogP contribution in [-0.4, -0.2) is 26.5 Å². The van der Waals surface area contributed by atoms with Crippen molar-refractivity contribution in [3.63, 3.8) is 0 Å². The summed E-state index contributed by atoms with van der Waals surface area (Å²) in [5, 5.41) is 13.6. The van der Waals surface area contributed by atoms with Crippen LogP contribution >= 0.6 is 11.3 Å². The maximum Gasteiger partial charge on any atom is 0.337 e. The minimum absolute atomic E-state index is 0.0496. The van der Waals surface area contributed by atoms with Crippen molar-refractivity contribution in [3.8, 4) is 0 Å². The summed E-state index contributed by atoms with van der Waals surface area (Å²) in [6.07, 6.45) is 0.451. The first kappa shape index (κ1) is 18.8. The van der Waals surface area contributed by atoms with Crippen molar-refractivity contribution < 1.29 is 14.7 Å². The van der Waals surface area contributed by atoms with E-state index in [0.717, 1.165) is 16.9 Å². The first-order valence-electron chi connectivity index (χ1n) is 8.50. The Morgan fingerprint density at radius 2 is 2.00 bits per heavy atom. The van der Waals surface area contributed by atoms with Crippen LogP contribution in [0.2, 0.25) is 0 Å². The van der Waals surface area contributed by atoms with Crippen LogP contribution in [0.1, 0.15) is 41.6 Å². The van der Waals surface area contributed by atoms with Crippen molar-refractivity contribution in [1.82, 2.24) is 14.9 Å². The second-order valence-electron chi connectivity index (χ2n) is 6.11. The topological polar surface area (TPSA) is 101 Å². The average Bonchev–Trinajstić information content (AvgIpc) is 3.09. The lowest BCUT2D eigenvalue weighted by Crippen LogP contribution is -2.35. The number of rotatable bonds is 6. The fourth-order valence-corrected chi connectivity index (χ4v) is 3.83. The van der Waals surface area contributed by atoms with Crippen LogP contribution in [0.3, 0.4) is 0 Å².